The van der Waals surface area contributed by atoms with Crippen LogP contribution in [-0.4, -0.2) is 23.5 Å². The van der Waals surface area contributed by atoms with E-state index in [0.29, 0.717) is 29.7 Å². The second-order valence-electron chi connectivity index (χ2n) is 10.7. The summed E-state index contributed by atoms with van der Waals surface area (Å²) in [5.41, 5.74) is 2.05. The first kappa shape index (κ1) is 18.4. The standard InChI is InChI=1S/C28H31NO2/c30-27-23-16-19(18-7-3-1-4-8-18)13-14-25(23)28(22-9-5-2-6-10-22)29(27)26-21-12-11-20(15-21)24(26)17-31-28/h1-10,19-21,23-26H,11-17H2/t19-,20-,21+,23+,24+,25-,26-,28+/m0/s1. The second-order valence-corrected chi connectivity index (χ2v) is 10.7. The molecule has 31 heavy (non-hydrogen) atoms. The maximum atomic E-state index is 14.2. The molecule has 0 aromatic heterocycles. The highest BCUT2D eigenvalue weighted by Crippen LogP contribution is 2.63. The van der Waals surface area contributed by atoms with E-state index < -0.39 is 5.72 Å². The maximum absolute atomic E-state index is 14.2. The number of benzene rings is 2. The van der Waals surface area contributed by atoms with E-state index in [2.05, 4.69) is 65.6 Å². The van der Waals surface area contributed by atoms with Crippen molar-refractivity contribution in [2.24, 2.45) is 29.6 Å². The van der Waals surface area contributed by atoms with Crippen LogP contribution in [0.15, 0.2) is 60.7 Å². The summed E-state index contributed by atoms with van der Waals surface area (Å²) in [5, 5.41) is 0. The average Bonchev–Trinajstić information content (AvgIpc) is 3.52. The lowest BCUT2D eigenvalue weighted by Gasteiger charge is -2.54. The van der Waals surface area contributed by atoms with Gasteiger partial charge in [-0.3, -0.25) is 4.79 Å². The van der Waals surface area contributed by atoms with Crippen molar-refractivity contribution in [3.8, 4) is 0 Å². The zero-order valence-corrected chi connectivity index (χ0v) is 18.0. The Morgan fingerprint density at radius 2 is 1.58 bits per heavy atom. The molecule has 3 aliphatic carbocycles. The molecule has 0 unspecified atom stereocenters. The summed E-state index contributed by atoms with van der Waals surface area (Å²) in [6.07, 6.45) is 7.10. The Morgan fingerprint density at radius 3 is 2.39 bits per heavy atom. The summed E-state index contributed by atoms with van der Waals surface area (Å²) < 4.78 is 6.93. The van der Waals surface area contributed by atoms with Gasteiger partial charge in [-0.05, 0) is 61.8 Å². The lowest BCUT2D eigenvalue weighted by molar-refractivity contribution is -0.243. The van der Waals surface area contributed by atoms with Gasteiger partial charge < -0.3 is 9.64 Å². The first-order valence-corrected chi connectivity index (χ1v) is 12.3. The van der Waals surface area contributed by atoms with E-state index in [0.717, 1.165) is 31.8 Å². The van der Waals surface area contributed by atoms with Gasteiger partial charge in [0.2, 0.25) is 5.91 Å². The van der Waals surface area contributed by atoms with Crippen molar-refractivity contribution in [2.75, 3.05) is 6.61 Å². The van der Waals surface area contributed by atoms with Crippen molar-refractivity contribution < 1.29 is 9.53 Å². The molecule has 3 heteroatoms. The van der Waals surface area contributed by atoms with Crippen molar-refractivity contribution in [1.29, 1.82) is 0 Å². The summed E-state index contributed by atoms with van der Waals surface area (Å²) in [6, 6.07) is 22.0. The molecule has 7 rings (SSSR count). The predicted molar refractivity (Wildman–Crippen MR) is 119 cm³/mol. The summed E-state index contributed by atoms with van der Waals surface area (Å²) in [6.45, 7) is 0.829. The Morgan fingerprint density at radius 1 is 0.839 bits per heavy atom. The number of rotatable bonds is 2. The van der Waals surface area contributed by atoms with Crippen molar-refractivity contribution in [3.05, 3.63) is 71.8 Å². The fourth-order valence-electron chi connectivity index (χ4n) is 8.36. The Kier molecular flexibility index (Phi) is 3.98. The topological polar surface area (TPSA) is 29.5 Å². The first-order valence-electron chi connectivity index (χ1n) is 12.3. The summed E-state index contributed by atoms with van der Waals surface area (Å²) in [7, 11) is 0. The molecule has 3 saturated carbocycles. The molecule has 0 radical (unpaired) electrons. The molecule has 1 amide bonds. The highest BCUT2D eigenvalue weighted by atomic mass is 16.5. The van der Waals surface area contributed by atoms with E-state index in [9.17, 15) is 4.79 Å². The minimum absolute atomic E-state index is 0.0806. The van der Waals surface area contributed by atoms with Gasteiger partial charge in [-0.1, -0.05) is 60.7 Å². The van der Waals surface area contributed by atoms with E-state index in [4.69, 9.17) is 4.74 Å². The molecule has 5 fully saturated rings. The molecule has 2 aliphatic heterocycles. The average molecular weight is 414 g/mol. The molecule has 160 valence electrons. The Bertz CT molecular complexity index is 991. The SMILES string of the molecule is O=C1[C@@H]2C[C@@H](c3ccccc3)CC[C@@H]2[C@@]2(c3ccccc3)OC[C@@H]3[C@H]4CC[C@H](C4)[C@@H]3N12. The molecule has 8 atom stereocenters. The lowest BCUT2D eigenvalue weighted by Crippen LogP contribution is -2.62. The molecule has 0 N–H and O–H groups in total. The number of ether oxygens (including phenoxy) is 1. The molecular formula is C28H31NO2. The molecule has 3 nitrogen and oxygen atoms in total. The van der Waals surface area contributed by atoms with Crippen LogP contribution >= 0.6 is 0 Å². The number of hydrogen-bond acceptors (Lipinski definition) is 2. The fraction of sp³-hybridized carbons (Fsp3) is 0.536. The monoisotopic (exact) mass is 413 g/mol. The van der Waals surface area contributed by atoms with Gasteiger partial charge in [-0.15, -0.1) is 0 Å². The summed E-state index contributed by atoms with van der Waals surface area (Å²) in [5.74, 6) is 3.20. The van der Waals surface area contributed by atoms with Gasteiger partial charge >= 0.3 is 0 Å². The third-order valence-corrected chi connectivity index (χ3v) is 9.56. The van der Waals surface area contributed by atoms with Crippen LogP contribution < -0.4 is 0 Å². The Hall–Kier alpha value is -2.13. The molecule has 2 bridgehead atoms. The van der Waals surface area contributed by atoms with E-state index in [1.807, 2.05) is 0 Å². The van der Waals surface area contributed by atoms with Gasteiger partial charge in [0.15, 0.2) is 5.72 Å². The quantitative estimate of drug-likeness (QED) is 0.666. The van der Waals surface area contributed by atoms with Crippen LogP contribution in [0, 0.1) is 29.6 Å². The molecule has 2 saturated heterocycles. The highest BCUT2D eigenvalue weighted by Gasteiger charge is 2.69. The van der Waals surface area contributed by atoms with Crippen LogP contribution in [-0.2, 0) is 15.3 Å². The lowest BCUT2D eigenvalue weighted by atomic mass is 9.68. The molecule has 2 aromatic carbocycles. The van der Waals surface area contributed by atoms with Crippen LogP contribution in [0.3, 0.4) is 0 Å². The molecule has 0 spiro atoms. The molecule has 2 aromatic rings. The third-order valence-electron chi connectivity index (χ3n) is 9.56. The zero-order chi connectivity index (χ0) is 20.6. The van der Waals surface area contributed by atoms with E-state index in [1.54, 1.807) is 0 Å². The van der Waals surface area contributed by atoms with Gasteiger partial charge in [-0.2, -0.15) is 0 Å². The largest absolute Gasteiger partial charge is 0.350 e. The minimum Gasteiger partial charge on any atom is -0.350 e. The van der Waals surface area contributed by atoms with Gasteiger partial charge in [0.25, 0.3) is 0 Å². The normalized spacial score (nSPS) is 42.9. The van der Waals surface area contributed by atoms with Crippen LogP contribution in [0.5, 0.6) is 0 Å². The van der Waals surface area contributed by atoms with Gasteiger partial charge in [-0.25, -0.2) is 0 Å². The second kappa shape index (κ2) is 6.68. The first-order chi connectivity index (χ1) is 15.3. The number of amides is 1. The van der Waals surface area contributed by atoms with Crippen LogP contribution in [0.25, 0.3) is 0 Å². The molecule has 5 aliphatic rings. The molecule has 2 heterocycles. The number of fused-ring (bicyclic) bond motifs is 9. The van der Waals surface area contributed by atoms with Crippen molar-refractivity contribution in [3.63, 3.8) is 0 Å². The minimum atomic E-state index is -0.545. The number of carbonyl (C=O) groups is 1. The van der Waals surface area contributed by atoms with E-state index >= 15 is 0 Å². The van der Waals surface area contributed by atoms with E-state index in [1.165, 1.54) is 30.4 Å². The van der Waals surface area contributed by atoms with Crippen LogP contribution in [0.1, 0.15) is 55.6 Å². The zero-order valence-electron chi connectivity index (χ0n) is 18.0. The smallest absolute Gasteiger partial charge is 0.228 e. The van der Waals surface area contributed by atoms with Crippen LogP contribution in [0.2, 0.25) is 0 Å². The summed E-state index contributed by atoms with van der Waals surface area (Å²) >= 11 is 0. The van der Waals surface area contributed by atoms with Crippen molar-refractivity contribution in [1.82, 2.24) is 4.90 Å². The predicted octanol–water partition coefficient (Wildman–Crippen LogP) is 5.33. The summed E-state index contributed by atoms with van der Waals surface area (Å²) in [4.78, 5) is 16.5. The van der Waals surface area contributed by atoms with Gasteiger partial charge in [0.1, 0.15) is 0 Å². The van der Waals surface area contributed by atoms with Crippen molar-refractivity contribution >= 4 is 5.91 Å². The highest BCUT2D eigenvalue weighted by molar-refractivity contribution is 5.84. The van der Waals surface area contributed by atoms with Gasteiger partial charge in [0.05, 0.1) is 6.61 Å². The maximum Gasteiger partial charge on any atom is 0.228 e. The van der Waals surface area contributed by atoms with Gasteiger partial charge in [0, 0.05) is 29.4 Å². The Labute approximate surface area is 184 Å². The van der Waals surface area contributed by atoms with E-state index in [-0.39, 0.29) is 11.8 Å². The number of hydrogen-bond donors (Lipinski definition) is 0. The number of carbonyl (C=O) groups excluding carboxylic acids is 1. The van der Waals surface area contributed by atoms with Crippen LogP contribution in [0.4, 0.5) is 0 Å². The Balaban J connectivity index is 1.32. The number of nitrogens with zero attached hydrogens (tertiary/aromatic N) is 1. The molecular weight excluding hydrogens is 382 g/mol. The fourth-order valence-corrected chi connectivity index (χ4v) is 8.36. The van der Waals surface area contributed by atoms with Crippen molar-refractivity contribution in [2.45, 2.75) is 56.2 Å². The third kappa shape index (κ3) is 2.42.